The van der Waals surface area contributed by atoms with Gasteiger partial charge in [0, 0.05) is 39.3 Å². The van der Waals surface area contributed by atoms with E-state index in [1.54, 1.807) is 20.8 Å². The average Bonchev–Trinajstić information content (AvgIpc) is 3.16. The zero-order valence-electron chi connectivity index (χ0n) is 33.2. The van der Waals surface area contributed by atoms with Crippen molar-refractivity contribution in [1.82, 2.24) is 29.7 Å². The Bertz CT molecular complexity index is 1350. The van der Waals surface area contributed by atoms with Crippen LogP contribution in [0, 0.1) is 0 Å². The minimum absolute atomic E-state index is 0.158. The van der Waals surface area contributed by atoms with Crippen molar-refractivity contribution in [3.8, 4) is 0 Å². The van der Waals surface area contributed by atoms with E-state index in [1.807, 2.05) is 20.8 Å². The number of carbonyl (C=O) groups is 3. The molecule has 0 unspecified atom stereocenters. The smallest absolute Gasteiger partial charge is 0.320 e. The Balaban J connectivity index is 2.76. The lowest BCUT2D eigenvalue weighted by molar-refractivity contribution is 0.149. The molecule has 0 saturated carbocycles. The van der Waals surface area contributed by atoms with Gasteiger partial charge in [-0.3, -0.25) is 14.5 Å². The van der Waals surface area contributed by atoms with E-state index < -0.39 is 35.3 Å². The van der Waals surface area contributed by atoms with E-state index in [0.29, 0.717) is 114 Å². The number of aromatic nitrogens is 3. The van der Waals surface area contributed by atoms with Crippen LogP contribution in [0.15, 0.2) is 29.9 Å². The summed E-state index contributed by atoms with van der Waals surface area (Å²) in [7, 11) is 0. The van der Waals surface area contributed by atoms with Crippen molar-refractivity contribution >= 4 is 35.4 Å². The molecule has 0 saturated heterocycles. The molecule has 1 aromatic heterocycles. The van der Waals surface area contributed by atoms with Crippen LogP contribution in [-0.2, 0) is 34.1 Å². The van der Waals surface area contributed by atoms with Gasteiger partial charge in [0.25, 0.3) is 0 Å². The number of unbranched alkanes of at least 4 members (excludes halogenated alkanes) is 9. The summed E-state index contributed by atoms with van der Waals surface area (Å²) in [6.07, 6.45) is 8.18. The second kappa shape index (κ2) is 28.7. The quantitative estimate of drug-likeness (QED) is 0.0452. The third kappa shape index (κ3) is 20.5. The van der Waals surface area contributed by atoms with Gasteiger partial charge in [0.1, 0.15) is 0 Å². The van der Waals surface area contributed by atoms with Gasteiger partial charge in [0.2, 0.25) is 0 Å². The molecule has 306 valence electrons. The van der Waals surface area contributed by atoms with Crippen molar-refractivity contribution in [3.05, 3.63) is 31.5 Å². The fraction of sp³-hybridized carbons (Fsp3) is 0.750. The molecular weight excluding hydrogens is 702 g/mol. The lowest BCUT2D eigenvalue weighted by atomic mass is 10.2. The summed E-state index contributed by atoms with van der Waals surface area (Å²) in [5.41, 5.74) is 0.244. The van der Waals surface area contributed by atoms with Gasteiger partial charge in [-0.15, -0.1) is 0 Å². The van der Waals surface area contributed by atoms with Crippen molar-refractivity contribution in [2.75, 3.05) is 19.6 Å². The Hall–Kier alpha value is -4.77. The van der Waals surface area contributed by atoms with Crippen molar-refractivity contribution in [1.29, 1.82) is 0 Å². The highest BCUT2D eigenvalue weighted by molar-refractivity contribution is 5.82. The minimum atomic E-state index is -0.627. The number of oxime groups is 3. The molecule has 0 fully saturated rings. The van der Waals surface area contributed by atoms with Gasteiger partial charge in [-0.25, -0.2) is 42.5 Å². The number of amides is 3. The summed E-state index contributed by atoms with van der Waals surface area (Å²) < 4.78 is 3.42. The Kier molecular flexibility index (Phi) is 25.1. The third-order valence-corrected chi connectivity index (χ3v) is 8.51. The van der Waals surface area contributed by atoms with Crippen LogP contribution in [0.1, 0.15) is 138 Å². The number of carbonyl (C=O) groups excluding carboxylic acids is 3. The summed E-state index contributed by atoms with van der Waals surface area (Å²) in [6, 6.07) is 0. The average molecular weight is 766 g/mol. The summed E-state index contributed by atoms with van der Waals surface area (Å²) in [6.45, 7) is 12.7. The molecule has 3 N–H and O–H groups in total. The maximum absolute atomic E-state index is 13.4. The van der Waals surface area contributed by atoms with Gasteiger partial charge in [-0.1, -0.05) is 74.8 Å². The van der Waals surface area contributed by atoms with Crippen LogP contribution in [0.4, 0.5) is 14.4 Å². The zero-order chi connectivity index (χ0) is 40.1. The molecule has 0 aromatic carbocycles. The summed E-state index contributed by atoms with van der Waals surface area (Å²) in [5, 5.41) is 19.1. The normalized spacial score (nSPS) is 12.0. The predicted molar refractivity (Wildman–Crippen MR) is 208 cm³/mol. The lowest BCUT2D eigenvalue weighted by Crippen LogP contribution is -2.54. The number of hydrogen-bond acceptors (Lipinski definition) is 12. The van der Waals surface area contributed by atoms with Gasteiger partial charge < -0.3 is 16.0 Å². The first-order valence-electron chi connectivity index (χ1n) is 19.3. The van der Waals surface area contributed by atoms with Crippen molar-refractivity contribution in [2.45, 2.75) is 157 Å². The minimum Gasteiger partial charge on any atom is -0.320 e. The van der Waals surface area contributed by atoms with Gasteiger partial charge >= 0.3 is 35.3 Å². The first-order valence-corrected chi connectivity index (χ1v) is 19.3. The fourth-order valence-electron chi connectivity index (χ4n) is 4.72. The fourth-order valence-corrected chi connectivity index (χ4v) is 4.72. The monoisotopic (exact) mass is 765 g/mol. The molecule has 1 aromatic rings. The Morgan fingerprint density at radius 2 is 0.685 bits per heavy atom. The summed E-state index contributed by atoms with van der Waals surface area (Å²) in [5.74, 6) is 0. The van der Waals surface area contributed by atoms with Crippen LogP contribution in [-0.4, -0.2) is 68.8 Å². The molecule has 1 rings (SSSR count). The Morgan fingerprint density at radius 1 is 0.444 bits per heavy atom. The highest BCUT2D eigenvalue weighted by atomic mass is 16.7. The maximum atomic E-state index is 13.4. The molecule has 0 bridgehead atoms. The molecule has 0 aliphatic carbocycles. The number of nitrogens with zero attached hydrogens (tertiary/aromatic N) is 6. The second-order valence-corrected chi connectivity index (χ2v) is 13.0. The first kappa shape index (κ1) is 47.3. The van der Waals surface area contributed by atoms with Gasteiger partial charge in [-0.2, -0.15) is 0 Å². The van der Waals surface area contributed by atoms with Crippen molar-refractivity contribution < 1.29 is 28.9 Å². The molecular formula is C36H63N9O9. The van der Waals surface area contributed by atoms with E-state index in [-0.39, 0.29) is 19.6 Å². The van der Waals surface area contributed by atoms with Crippen LogP contribution in [0.2, 0.25) is 0 Å². The highest BCUT2D eigenvalue weighted by Gasteiger charge is 2.15. The maximum Gasteiger partial charge on any atom is 0.433 e. The van der Waals surface area contributed by atoms with Gasteiger partial charge in [-0.05, 0) is 78.6 Å². The number of rotatable bonds is 27. The SMILES string of the molecule is CC/C(C)=N\OC(=O)NCCCCCCn1c(=O)n(CCCCCCNC(=O)O/N=C(/C)CC)c(=O)n(CCCCCCNC(=O)O/N=C(/C)CC)c1=O. The van der Waals surface area contributed by atoms with Crippen molar-refractivity contribution in [3.63, 3.8) is 0 Å². The molecule has 0 aliphatic rings. The van der Waals surface area contributed by atoms with Crippen LogP contribution in [0.5, 0.6) is 0 Å². The molecule has 0 spiro atoms. The summed E-state index contributed by atoms with van der Waals surface area (Å²) >= 11 is 0. The molecule has 0 radical (unpaired) electrons. The van der Waals surface area contributed by atoms with Gasteiger partial charge in [0.15, 0.2) is 0 Å². The van der Waals surface area contributed by atoms with E-state index >= 15 is 0 Å². The molecule has 0 aliphatic heterocycles. The highest BCUT2D eigenvalue weighted by Crippen LogP contribution is 2.04. The standard InChI is InChI=1S/C36H63N9O9/c1-7-28(4)40-52-31(46)37-22-16-10-13-19-25-43-34(49)44(26-20-14-11-17-23-38-32(47)53-41-29(5)8-2)36(51)45(35(43)50)27-21-15-12-18-24-39-33(48)54-42-30(6)9-3/h7-27H2,1-6H3,(H,37,46)(H,38,47)(H,39,48)/b40-28-,41-29-,42-30-. The Morgan fingerprint density at radius 3 is 0.926 bits per heavy atom. The molecule has 3 amide bonds. The predicted octanol–water partition coefficient (Wildman–Crippen LogP) is 5.39. The topological polar surface area (TPSA) is 218 Å². The second-order valence-electron chi connectivity index (χ2n) is 13.0. The van der Waals surface area contributed by atoms with Crippen molar-refractivity contribution in [2.24, 2.45) is 15.5 Å². The molecule has 54 heavy (non-hydrogen) atoms. The van der Waals surface area contributed by atoms with Crippen LogP contribution in [0.25, 0.3) is 0 Å². The molecule has 18 heteroatoms. The molecule has 1 heterocycles. The van der Waals surface area contributed by atoms with E-state index in [2.05, 4.69) is 31.4 Å². The first-order chi connectivity index (χ1) is 25.9. The van der Waals surface area contributed by atoms with Crippen LogP contribution in [0.3, 0.4) is 0 Å². The number of nitrogens with one attached hydrogen (secondary N) is 3. The largest absolute Gasteiger partial charge is 0.433 e. The number of hydrogen-bond donors (Lipinski definition) is 3. The van der Waals surface area contributed by atoms with Crippen LogP contribution < -0.4 is 33.0 Å². The third-order valence-electron chi connectivity index (χ3n) is 8.51. The lowest BCUT2D eigenvalue weighted by Gasteiger charge is -2.14. The van der Waals surface area contributed by atoms with E-state index in [0.717, 1.165) is 33.0 Å². The Labute approximate surface area is 317 Å². The van der Waals surface area contributed by atoms with Crippen LogP contribution >= 0.6 is 0 Å². The van der Waals surface area contributed by atoms with E-state index in [9.17, 15) is 28.8 Å². The molecule has 0 atom stereocenters. The zero-order valence-corrected chi connectivity index (χ0v) is 33.2. The summed E-state index contributed by atoms with van der Waals surface area (Å²) in [4.78, 5) is 89.9. The van der Waals surface area contributed by atoms with Gasteiger partial charge in [0.05, 0.1) is 17.1 Å². The van der Waals surface area contributed by atoms with E-state index in [1.165, 1.54) is 0 Å². The molecule has 18 nitrogen and oxygen atoms in total. The van der Waals surface area contributed by atoms with E-state index in [4.69, 9.17) is 14.5 Å².